The number of ether oxygens (including phenoxy) is 1. The molecule has 1 heterocycles. The Bertz CT molecular complexity index is 874. The average molecular weight is 387 g/mol. The van der Waals surface area contributed by atoms with Crippen LogP contribution in [0, 0.1) is 15.9 Å². The molecule has 0 radical (unpaired) electrons. The number of carbonyl (C=O) groups excluding carboxylic acids is 1. The van der Waals surface area contributed by atoms with Crippen molar-refractivity contribution in [1.29, 1.82) is 0 Å². The summed E-state index contributed by atoms with van der Waals surface area (Å²) >= 11 is 0. The van der Waals surface area contributed by atoms with Gasteiger partial charge < -0.3 is 14.5 Å². The minimum Gasteiger partial charge on any atom is -0.487 e. The molecule has 1 aliphatic rings. The zero-order chi connectivity index (χ0) is 20.1. The number of nitro groups is 1. The first-order valence-corrected chi connectivity index (χ1v) is 9.21. The molecule has 0 aromatic heterocycles. The number of nitrogens with zero attached hydrogens (tertiary/aromatic N) is 3. The fourth-order valence-electron chi connectivity index (χ4n) is 3.31. The number of carbonyl (C=O) groups is 1. The Morgan fingerprint density at radius 1 is 1.18 bits per heavy atom. The predicted molar refractivity (Wildman–Crippen MR) is 103 cm³/mol. The quantitative estimate of drug-likeness (QED) is 0.580. The van der Waals surface area contributed by atoms with Gasteiger partial charge in [-0.05, 0) is 31.5 Å². The van der Waals surface area contributed by atoms with Crippen LogP contribution in [0.4, 0.5) is 15.8 Å². The topological polar surface area (TPSA) is 75.9 Å². The molecule has 1 amide bonds. The standard InChI is InChI=1S/C20H22FN3O4/c1-2-28-19-14-15(8-9-18(19)24(26)27)22-10-5-11-23(13-12-22)20(25)16-6-3-4-7-17(16)21/h3-4,6-9,14H,2,5,10-13H2,1H3. The fourth-order valence-corrected chi connectivity index (χ4v) is 3.31. The summed E-state index contributed by atoms with van der Waals surface area (Å²) in [4.78, 5) is 27.0. The molecular formula is C20H22FN3O4. The van der Waals surface area contributed by atoms with Crippen LogP contribution in [0.3, 0.4) is 0 Å². The second-order valence-electron chi connectivity index (χ2n) is 6.45. The van der Waals surface area contributed by atoms with Crippen LogP contribution in [0.25, 0.3) is 0 Å². The minimum atomic E-state index is -0.523. The van der Waals surface area contributed by atoms with E-state index in [1.807, 2.05) is 0 Å². The van der Waals surface area contributed by atoms with Crippen molar-refractivity contribution in [3.8, 4) is 5.75 Å². The Morgan fingerprint density at radius 3 is 2.68 bits per heavy atom. The highest BCUT2D eigenvalue weighted by Crippen LogP contribution is 2.32. The van der Waals surface area contributed by atoms with E-state index in [-0.39, 0.29) is 22.9 Å². The van der Waals surface area contributed by atoms with Crippen LogP contribution < -0.4 is 9.64 Å². The van der Waals surface area contributed by atoms with E-state index in [2.05, 4.69) is 4.90 Å². The van der Waals surface area contributed by atoms with Gasteiger partial charge in [0.15, 0.2) is 5.75 Å². The molecule has 148 valence electrons. The predicted octanol–water partition coefficient (Wildman–Crippen LogP) is 3.49. The maximum atomic E-state index is 13.9. The van der Waals surface area contributed by atoms with Crippen molar-refractivity contribution < 1.29 is 18.8 Å². The molecule has 1 fully saturated rings. The SMILES string of the molecule is CCOc1cc(N2CCCN(C(=O)c3ccccc3F)CC2)ccc1[N+](=O)[O-]. The third kappa shape index (κ3) is 4.21. The lowest BCUT2D eigenvalue weighted by Gasteiger charge is -2.24. The van der Waals surface area contributed by atoms with E-state index in [4.69, 9.17) is 4.74 Å². The molecule has 0 saturated carbocycles. The van der Waals surface area contributed by atoms with E-state index in [0.717, 1.165) is 5.69 Å². The first-order valence-electron chi connectivity index (χ1n) is 9.21. The normalized spacial score (nSPS) is 14.5. The highest BCUT2D eigenvalue weighted by molar-refractivity contribution is 5.94. The summed E-state index contributed by atoms with van der Waals surface area (Å²) in [5, 5.41) is 11.2. The molecule has 0 bridgehead atoms. The van der Waals surface area contributed by atoms with Gasteiger partial charge in [0.1, 0.15) is 5.82 Å². The van der Waals surface area contributed by atoms with Crippen LogP contribution in [0.1, 0.15) is 23.7 Å². The lowest BCUT2D eigenvalue weighted by atomic mass is 10.2. The molecule has 0 aliphatic carbocycles. The van der Waals surface area contributed by atoms with Gasteiger partial charge in [0.25, 0.3) is 5.91 Å². The Morgan fingerprint density at radius 2 is 1.96 bits per heavy atom. The molecule has 2 aromatic carbocycles. The molecule has 7 nitrogen and oxygen atoms in total. The smallest absolute Gasteiger partial charge is 0.311 e. The van der Waals surface area contributed by atoms with Crippen molar-refractivity contribution in [2.24, 2.45) is 0 Å². The molecule has 2 aromatic rings. The third-order valence-electron chi connectivity index (χ3n) is 4.69. The second kappa shape index (κ2) is 8.69. The van der Waals surface area contributed by atoms with Crippen LogP contribution in [-0.4, -0.2) is 48.5 Å². The van der Waals surface area contributed by atoms with Crippen LogP contribution >= 0.6 is 0 Å². The van der Waals surface area contributed by atoms with E-state index in [0.29, 0.717) is 39.2 Å². The zero-order valence-electron chi connectivity index (χ0n) is 15.6. The number of nitro benzene ring substituents is 1. The van der Waals surface area contributed by atoms with Crippen molar-refractivity contribution in [2.45, 2.75) is 13.3 Å². The molecule has 1 saturated heterocycles. The lowest BCUT2D eigenvalue weighted by Crippen LogP contribution is -2.35. The maximum absolute atomic E-state index is 13.9. The molecule has 0 spiro atoms. The van der Waals surface area contributed by atoms with Crippen molar-refractivity contribution in [3.05, 3.63) is 64.0 Å². The summed E-state index contributed by atoms with van der Waals surface area (Å²) in [6.07, 6.45) is 0.709. The monoisotopic (exact) mass is 387 g/mol. The van der Waals surface area contributed by atoms with Gasteiger partial charge in [0, 0.05) is 44.0 Å². The summed E-state index contributed by atoms with van der Waals surface area (Å²) in [6.45, 7) is 4.29. The van der Waals surface area contributed by atoms with E-state index in [1.54, 1.807) is 36.1 Å². The molecule has 3 rings (SSSR count). The van der Waals surface area contributed by atoms with Gasteiger partial charge in [0.2, 0.25) is 0 Å². The van der Waals surface area contributed by atoms with Gasteiger partial charge in [0.05, 0.1) is 17.1 Å². The lowest BCUT2D eigenvalue weighted by molar-refractivity contribution is -0.385. The van der Waals surface area contributed by atoms with Crippen molar-refractivity contribution >= 4 is 17.3 Å². The third-order valence-corrected chi connectivity index (χ3v) is 4.69. The molecule has 0 unspecified atom stereocenters. The highest BCUT2D eigenvalue weighted by Gasteiger charge is 2.24. The molecular weight excluding hydrogens is 365 g/mol. The maximum Gasteiger partial charge on any atom is 0.311 e. The van der Waals surface area contributed by atoms with Crippen LogP contribution in [0.2, 0.25) is 0 Å². The Balaban J connectivity index is 1.75. The molecule has 28 heavy (non-hydrogen) atoms. The van der Waals surface area contributed by atoms with Gasteiger partial charge in [-0.1, -0.05) is 12.1 Å². The number of hydrogen-bond acceptors (Lipinski definition) is 5. The number of amides is 1. The first kappa shape index (κ1) is 19.6. The number of rotatable bonds is 5. The Labute approximate surface area is 162 Å². The summed E-state index contributed by atoms with van der Waals surface area (Å²) in [5.74, 6) is -0.613. The van der Waals surface area contributed by atoms with Crippen LogP contribution in [0.15, 0.2) is 42.5 Å². The zero-order valence-corrected chi connectivity index (χ0v) is 15.6. The summed E-state index contributed by atoms with van der Waals surface area (Å²) in [6, 6.07) is 10.8. The van der Waals surface area contributed by atoms with Gasteiger partial charge in [-0.2, -0.15) is 0 Å². The van der Waals surface area contributed by atoms with Crippen LogP contribution in [0.5, 0.6) is 5.75 Å². The van der Waals surface area contributed by atoms with Gasteiger partial charge in [-0.3, -0.25) is 14.9 Å². The molecule has 0 N–H and O–H groups in total. The number of anilines is 1. The van der Waals surface area contributed by atoms with Gasteiger partial charge in [-0.15, -0.1) is 0 Å². The summed E-state index contributed by atoms with van der Waals surface area (Å²) in [7, 11) is 0. The average Bonchev–Trinajstić information content (AvgIpc) is 2.94. The summed E-state index contributed by atoms with van der Waals surface area (Å²) < 4.78 is 19.3. The fraction of sp³-hybridized carbons (Fsp3) is 0.350. The Hall–Kier alpha value is -3.16. The Kier molecular flexibility index (Phi) is 6.08. The van der Waals surface area contributed by atoms with Crippen molar-refractivity contribution in [1.82, 2.24) is 4.90 Å². The van der Waals surface area contributed by atoms with Crippen LogP contribution in [-0.2, 0) is 0 Å². The van der Waals surface area contributed by atoms with E-state index in [1.165, 1.54) is 18.2 Å². The van der Waals surface area contributed by atoms with Gasteiger partial charge in [-0.25, -0.2) is 4.39 Å². The minimum absolute atomic E-state index is 0.0724. The highest BCUT2D eigenvalue weighted by atomic mass is 19.1. The number of halogens is 1. The van der Waals surface area contributed by atoms with E-state index >= 15 is 0 Å². The molecule has 8 heteroatoms. The van der Waals surface area contributed by atoms with Gasteiger partial charge >= 0.3 is 5.69 Å². The van der Waals surface area contributed by atoms with E-state index < -0.39 is 10.7 Å². The molecule has 0 atom stereocenters. The number of hydrogen-bond donors (Lipinski definition) is 0. The number of benzene rings is 2. The van der Waals surface area contributed by atoms with Crippen molar-refractivity contribution in [3.63, 3.8) is 0 Å². The van der Waals surface area contributed by atoms with Crippen molar-refractivity contribution in [2.75, 3.05) is 37.7 Å². The molecule has 1 aliphatic heterocycles. The summed E-state index contributed by atoms with van der Waals surface area (Å²) in [5.41, 5.74) is 0.802. The largest absolute Gasteiger partial charge is 0.487 e. The second-order valence-corrected chi connectivity index (χ2v) is 6.45. The first-order chi connectivity index (χ1) is 13.5. The van der Waals surface area contributed by atoms with E-state index in [9.17, 15) is 19.3 Å².